The molecule has 0 aliphatic carbocycles. The van der Waals surface area contributed by atoms with Crippen molar-refractivity contribution in [3.8, 4) is 0 Å². The molecular formula is C16H23N3O2. The normalized spacial score (nSPS) is 12.4. The van der Waals surface area contributed by atoms with E-state index in [1.165, 1.54) is 10.5 Å². The number of benzene rings is 1. The molecule has 1 atom stereocenters. The van der Waals surface area contributed by atoms with Crippen LogP contribution < -0.4 is 10.6 Å². The van der Waals surface area contributed by atoms with Crippen LogP contribution in [0.3, 0.4) is 0 Å². The zero-order valence-corrected chi connectivity index (χ0v) is 13.1. The third-order valence-electron chi connectivity index (χ3n) is 3.53. The van der Waals surface area contributed by atoms with Crippen LogP contribution in [0.15, 0.2) is 28.7 Å². The molecule has 5 heteroatoms. The van der Waals surface area contributed by atoms with Gasteiger partial charge >= 0.3 is 6.03 Å². The summed E-state index contributed by atoms with van der Waals surface area (Å²) in [6.45, 7) is 5.42. The van der Waals surface area contributed by atoms with E-state index in [9.17, 15) is 4.79 Å². The molecule has 1 aromatic heterocycles. The first-order chi connectivity index (χ1) is 10.0. The average molecular weight is 289 g/mol. The van der Waals surface area contributed by atoms with Crippen molar-refractivity contribution in [2.75, 3.05) is 27.2 Å². The smallest absolute Gasteiger partial charge is 0.316 e. The van der Waals surface area contributed by atoms with E-state index < -0.39 is 0 Å². The molecular weight excluding hydrogens is 266 g/mol. The van der Waals surface area contributed by atoms with Crippen LogP contribution in [0.2, 0.25) is 0 Å². The van der Waals surface area contributed by atoms with E-state index in [2.05, 4.69) is 30.5 Å². The van der Waals surface area contributed by atoms with Crippen molar-refractivity contribution in [2.24, 2.45) is 0 Å². The van der Waals surface area contributed by atoms with Gasteiger partial charge in [0.1, 0.15) is 11.3 Å². The lowest BCUT2D eigenvalue weighted by molar-refractivity contribution is 0.217. The first kappa shape index (κ1) is 15.4. The van der Waals surface area contributed by atoms with Crippen LogP contribution in [-0.4, -0.2) is 38.1 Å². The zero-order chi connectivity index (χ0) is 15.4. The fourth-order valence-electron chi connectivity index (χ4n) is 2.32. The van der Waals surface area contributed by atoms with Gasteiger partial charge in [-0.2, -0.15) is 0 Å². The highest BCUT2D eigenvalue weighted by Gasteiger charge is 2.15. The maximum atomic E-state index is 11.4. The molecule has 2 N–H and O–H groups in total. The van der Waals surface area contributed by atoms with E-state index in [0.29, 0.717) is 13.1 Å². The number of nitrogens with zero attached hydrogens (tertiary/aromatic N) is 1. The molecule has 0 aliphatic rings. The molecule has 0 fully saturated rings. The van der Waals surface area contributed by atoms with Crippen LogP contribution in [0.4, 0.5) is 4.79 Å². The highest BCUT2D eigenvalue weighted by atomic mass is 16.3. The van der Waals surface area contributed by atoms with Gasteiger partial charge in [-0.05, 0) is 25.5 Å². The molecule has 1 aromatic carbocycles. The summed E-state index contributed by atoms with van der Waals surface area (Å²) >= 11 is 0. The summed E-state index contributed by atoms with van der Waals surface area (Å²) in [4.78, 5) is 12.9. The van der Waals surface area contributed by atoms with Crippen LogP contribution >= 0.6 is 0 Å². The Hall–Kier alpha value is -2.01. The Morgan fingerprint density at radius 2 is 2.00 bits per heavy atom. The minimum absolute atomic E-state index is 0.0793. The number of urea groups is 1. The monoisotopic (exact) mass is 289 g/mol. The summed E-state index contributed by atoms with van der Waals surface area (Å²) in [5, 5.41) is 7.35. The maximum absolute atomic E-state index is 11.4. The second kappa shape index (κ2) is 6.63. The number of furan rings is 1. The molecule has 0 aliphatic heterocycles. The molecule has 0 spiro atoms. The van der Waals surface area contributed by atoms with E-state index in [0.717, 1.165) is 16.7 Å². The SMILES string of the molecule is Cc1c(C(C)NCCNC(=O)N(C)C)oc2ccccc12. The fraction of sp³-hybridized carbons (Fsp3) is 0.438. The van der Waals surface area contributed by atoms with Crippen LogP contribution in [0.5, 0.6) is 0 Å². The second-order valence-corrected chi connectivity index (χ2v) is 5.39. The Morgan fingerprint density at radius 1 is 1.29 bits per heavy atom. The summed E-state index contributed by atoms with van der Waals surface area (Å²) in [5.41, 5.74) is 2.09. The van der Waals surface area contributed by atoms with E-state index in [1.54, 1.807) is 14.1 Å². The van der Waals surface area contributed by atoms with E-state index in [4.69, 9.17) is 4.42 Å². The molecule has 0 bridgehead atoms. The Morgan fingerprint density at radius 3 is 2.67 bits per heavy atom. The Kier molecular flexibility index (Phi) is 4.85. The summed E-state index contributed by atoms with van der Waals surface area (Å²) < 4.78 is 5.92. The highest BCUT2D eigenvalue weighted by molar-refractivity contribution is 5.82. The number of amides is 2. The number of nitrogens with one attached hydrogen (secondary N) is 2. The van der Waals surface area contributed by atoms with Gasteiger partial charge in [0.2, 0.25) is 0 Å². The second-order valence-electron chi connectivity index (χ2n) is 5.39. The number of hydrogen-bond donors (Lipinski definition) is 2. The molecule has 1 unspecified atom stereocenters. The number of fused-ring (bicyclic) bond motifs is 1. The van der Waals surface area contributed by atoms with Gasteiger partial charge in [0.05, 0.1) is 6.04 Å². The highest BCUT2D eigenvalue weighted by Crippen LogP contribution is 2.28. The van der Waals surface area contributed by atoms with E-state index >= 15 is 0 Å². The third kappa shape index (κ3) is 3.55. The number of rotatable bonds is 5. The van der Waals surface area contributed by atoms with E-state index in [-0.39, 0.29) is 12.1 Å². The number of carbonyl (C=O) groups excluding carboxylic acids is 1. The predicted octanol–water partition coefficient (Wildman–Crippen LogP) is 2.66. The topological polar surface area (TPSA) is 57.5 Å². The van der Waals surface area contributed by atoms with Crippen LogP contribution in [0, 0.1) is 6.92 Å². The summed E-state index contributed by atoms with van der Waals surface area (Å²) in [5.74, 6) is 0.954. The van der Waals surface area contributed by atoms with Gasteiger partial charge in [-0.15, -0.1) is 0 Å². The van der Waals surface area contributed by atoms with Crippen LogP contribution in [0.25, 0.3) is 11.0 Å². The average Bonchev–Trinajstić information content (AvgIpc) is 2.81. The maximum Gasteiger partial charge on any atom is 0.316 e. The van der Waals surface area contributed by atoms with Crippen LogP contribution in [0.1, 0.15) is 24.3 Å². The van der Waals surface area contributed by atoms with Gasteiger partial charge in [0, 0.05) is 32.6 Å². The van der Waals surface area contributed by atoms with Crippen molar-refractivity contribution in [3.63, 3.8) is 0 Å². The van der Waals surface area contributed by atoms with Crippen molar-refractivity contribution >= 4 is 17.0 Å². The van der Waals surface area contributed by atoms with Gasteiger partial charge in [-0.25, -0.2) is 4.79 Å². The Bertz CT molecular complexity index is 619. The lowest BCUT2D eigenvalue weighted by Crippen LogP contribution is -2.38. The molecule has 114 valence electrons. The van der Waals surface area contributed by atoms with E-state index in [1.807, 2.05) is 18.2 Å². The van der Waals surface area contributed by atoms with Gasteiger partial charge in [0.25, 0.3) is 0 Å². The molecule has 0 saturated carbocycles. The van der Waals surface area contributed by atoms with Crippen molar-refractivity contribution in [3.05, 3.63) is 35.6 Å². The molecule has 1 heterocycles. The number of aryl methyl sites for hydroxylation is 1. The lowest BCUT2D eigenvalue weighted by atomic mass is 10.1. The minimum Gasteiger partial charge on any atom is -0.459 e. The van der Waals surface area contributed by atoms with Gasteiger partial charge < -0.3 is 20.0 Å². The summed E-state index contributed by atoms with van der Waals surface area (Å²) in [7, 11) is 3.45. The Labute approximate surface area is 125 Å². The van der Waals surface area contributed by atoms with Crippen molar-refractivity contribution in [1.29, 1.82) is 0 Å². The predicted molar refractivity (Wildman–Crippen MR) is 84.5 cm³/mol. The van der Waals surface area contributed by atoms with Gasteiger partial charge in [-0.3, -0.25) is 0 Å². The number of hydrogen-bond acceptors (Lipinski definition) is 3. The minimum atomic E-state index is -0.0793. The number of para-hydroxylation sites is 1. The molecule has 2 aromatic rings. The molecule has 2 amide bonds. The first-order valence-corrected chi connectivity index (χ1v) is 7.17. The largest absolute Gasteiger partial charge is 0.459 e. The van der Waals surface area contributed by atoms with Gasteiger partial charge in [0.15, 0.2) is 0 Å². The standard InChI is InChI=1S/C16H23N3O2/c1-11-13-7-5-6-8-14(13)21-15(11)12(2)17-9-10-18-16(20)19(3)4/h5-8,12,17H,9-10H2,1-4H3,(H,18,20). The molecule has 5 nitrogen and oxygen atoms in total. The van der Waals surface area contributed by atoms with Crippen LogP contribution in [-0.2, 0) is 0 Å². The quantitative estimate of drug-likeness (QED) is 0.832. The molecule has 2 rings (SSSR count). The molecule has 21 heavy (non-hydrogen) atoms. The van der Waals surface area contributed by atoms with Crippen molar-refractivity contribution in [2.45, 2.75) is 19.9 Å². The third-order valence-corrected chi connectivity index (χ3v) is 3.53. The zero-order valence-electron chi connectivity index (χ0n) is 13.1. The lowest BCUT2D eigenvalue weighted by Gasteiger charge is -2.15. The molecule has 0 radical (unpaired) electrons. The van der Waals surface area contributed by atoms with Crippen molar-refractivity contribution < 1.29 is 9.21 Å². The summed E-state index contributed by atoms with van der Waals surface area (Å²) in [6, 6.07) is 8.07. The fourth-order valence-corrected chi connectivity index (χ4v) is 2.32. The first-order valence-electron chi connectivity index (χ1n) is 7.17. The number of carbonyl (C=O) groups is 1. The molecule has 0 saturated heterocycles. The Balaban J connectivity index is 1.92. The van der Waals surface area contributed by atoms with Crippen molar-refractivity contribution in [1.82, 2.24) is 15.5 Å². The van der Waals surface area contributed by atoms with Gasteiger partial charge in [-0.1, -0.05) is 18.2 Å². The summed E-state index contributed by atoms with van der Waals surface area (Å²) in [6.07, 6.45) is 0.